The molecule has 0 aliphatic heterocycles. The molecule has 1 unspecified atom stereocenters. The van der Waals surface area contributed by atoms with Gasteiger partial charge < -0.3 is 5.11 Å². The second-order valence-electron chi connectivity index (χ2n) is 4.05. The van der Waals surface area contributed by atoms with Crippen molar-refractivity contribution in [2.24, 2.45) is 0 Å². The van der Waals surface area contributed by atoms with Gasteiger partial charge in [0.1, 0.15) is 4.90 Å². The molecule has 0 amide bonds. The zero-order valence-electron chi connectivity index (χ0n) is 10.7. The van der Waals surface area contributed by atoms with Crippen LogP contribution in [0.4, 0.5) is 4.39 Å². The van der Waals surface area contributed by atoms with E-state index in [1.165, 1.54) is 11.8 Å². The molecule has 1 aromatic carbocycles. The first kappa shape index (κ1) is 17.4. The Morgan fingerprint density at radius 1 is 1.55 bits per heavy atom. The van der Waals surface area contributed by atoms with Gasteiger partial charge in [-0.1, -0.05) is 15.9 Å². The molecule has 0 radical (unpaired) electrons. The van der Waals surface area contributed by atoms with Crippen molar-refractivity contribution in [1.82, 2.24) is 4.72 Å². The summed E-state index contributed by atoms with van der Waals surface area (Å²) in [7, 11) is -4.12. The van der Waals surface area contributed by atoms with Crippen LogP contribution < -0.4 is 4.72 Å². The highest BCUT2D eigenvalue weighted by Crippen LogP contribution is 2.24. The normalized spacial score (nSPS) is 13.2. The van der Waals surface area contributed by atoms with Crippen LogP contribution in [-0.4, -0.2) is 37.5 Å². The van der Waals surface area contributed by atoms with Gasteiger partial charge in [-0.05, 0) is 25.3 Å². The first-order valence-electron chi connectivity index (χ1n) is 5.42. The summed E-state index contributed by atoms with van der Waals surface area (Å²) >= 11 is 4.42. The van der Waals surface area contributed by atoms with Crippen molar-refractivity contribution >= 4 is 43.7 Å². The summed E-state index contributed by atoms with van der Waals surface area (Å²) < 4.78 is 40.7. The smallest absolute Gasteiger partial charge is 0.338 e. The maximum Gasteiger partial charge on any atom is 0.338 e. The molecule has 20 heavy (non-hydrogen) atoms. The molecule has 1 atom stereocenters. The maximum atomic E-state index is 14.0. The van der Waals surface area contributed by atoms with E-state index in [2.05, 4.69) is 20.7 Å². The molecule has 0 saturated carbocycles. The largest absolute Gasteiger partial charge is 0.478 e. The van der Waals surface area contributed by atoms with Crippen molar-refractivity contribution in [3.05, 3.63) is 28.0 Å². The van der Waals surface area contributed by atoms with Crippen LogP contribution >= 0.6 is 27.7 Å². The van der Waals surface area contributed by atoms with Gasteiger partial charge in [0.15, 0.2) is 5.82 Å². The fourth-order valence-electron chi connectivity index (χ4n) is 1.53. The molecular weight excluding hydrogens is 373 g/mol. The molecule has 0 saturated heterocycles. The van der Waals surface area contributed by atoms with Crippen LogP contribution in [0.2, 0.25) is 0 Å². The molecule has 5 nitrogen and oxygen atoms in total. The van der Waals surface area contributed by atoms with Gasteiger partial charge in [0, 0.05) is 16.3 Å². The summed E-state index contributed by atoms with van der Waals surface area (Å²) in [5.41, 5.74) is -0.697. The van der Waals surface area contributed by atoms with E-state index in [1.54, 1.807) is 6.92 Å². The number of hydrogen-bond acceptors (Lipinski definition) is 4. The van der Waals surface area contributed by atoms with Crippen LogP contribution in [0.1, 0.15) is 17.3 Å². The quantitative estimate of drug-likeness (QED) is 0.784. The van der Waals surface area contributed by atoms with Crippen molar-refractivity contribution in [2.75, 3.05) is 12.0 Å². The van der Waals surface area contributed by atoms with Gasteiger partial charge in [-0.2, -0.15) is 11.8 Å². The van der Waals surface area contributed by atoms with Gasteiger partial charge in [0.2, 0.25) is 10.0 Å². The third kappa shape index (κ3) is 4.18. The van der Waals surface area contributed by atoms with Crippen LogP contribution in [0.3, 0.4) is 0 Å². The van der Waals surface area contributed by atoms with E-state index in [0.29, 0.717) is 5.75 Å². The highest BCUT2D eigenvalue weighted by Gasteiger charge is 2.26. The zero-order chi connectivity index (χ0) is 15.5. The lowest BCUT2D eigenvalue weighted by Crippen LogP contribution is -2.35. The third-order valence-corrected chi connectivity index (χ3v) is 5.18. The number of sulfonamides is 1. The molecule has 0 heterocycles. The Morgan fingerprint density at radius 3 is 2.65 bits per heavy atom. The number of halogens is 2. The highest BCUT2D eigenvalue weighted by atomic mass is 79.9. The molecule has 1 rings (SSSR count). The Bertz CT molecular complexity index is 621. The molecule has 0 spiro atoms. The fourth-order valence-corrected chi connectivity index (χ4v) is 4.19. The monoisotopic (exact) mass is 385 g/mol. The van der Waals surface area contributed by atoms with Crippen molar-refractivity contribution in [3.8, 4) is 0 Å². The second-order valence-corrected chi connectivity index (χ2v) is 7.56. The van der Waals surface area contributed by atoms with Crippen LogP contribution in [0.25, 0.3) is 0 Å². The Kier molecular flexibility index (Phi) is 5.99. The second kappa shape index (κ2) is 6.88. The van der Waals surface area contributed by atoms with Crippen LogP contribution in [0.5, 0.6) is 0 Å². The molecule has 0 aliphatic rings. The number of hydrogen-bond donors (Lipinski definition) is 2. The summed E-state index contributed by atoms with van der Waals surface area (Å²) in [4.78, 5) is 10.2. The predicted molar refractivity (Wildman–Crippen MR) is 79.2 cm³/mol. The standard InChI is InChI=1S/C11H13BrFNO4S2/c1-6(5-19-2)14-20(17,18)9-4-7(12)3-8(10(9)13)11(15)16/h3-4,6,14H,5H2,1-2H3,(H,15,16). The van der Waals surface area contributed by atoms with E-state index >= 15 is 0 Å². The minimum absolute atomic E-state index is 0.175. The zero-order valence-corrected chi connectivity index (χ0v) is 13.9. The van der Waals surface area contributed by atoms with Crippen molar-refractivity contribution in [1.29, 1.82) is 0 Å². The summed E-state index contributed by atoms with van der Waals surface area (Å²) in [6.45, 7) is 1.64. The molecule has 9 heteroatoms. The third-order valence-electron chi connectivity index (χ3n) is 2.30. The number of carboxylic acids is 1. The van der Waals surface area contributed by atoms with Gasteiger partial charge in [0.05, 0.1) is 5.56 Å². The average Bonchev–Trinajstić information content (AvgIpc) is 2.30. The minimum atomic E-state index is -4.12. The van der Waals surface area contributed by atoms with Crippen molar-refractivity contribution in [3.63, 3.8) is 0 Å². The highest BCUT2D eigenvalue weighted by molar-refractivity contribution is 9.10. The van der Waals surface area contributed by atoms with E-state index in [0.717, 1.165) is 12.1 Å². The number of benzene rings is 1. The van der Waals surface area contributed by atoms with Gasteiger partial charge in [0.25, 0.3) is 0 Å². The summed E-state index contributed by atoms with van der Waals surface area (Å²) in [6.07, 6.45) is 1.81. The molecule has 0 aliphatic carbocycles. The fraction of sp³-hybridized carbons (Fsp3) is 0.364. The SMILES string of the molecule is CSCC(C)NS(=O)(=O)c1cc(Br)cc(C(=O)O)c1F. The molecule has 0 bridgehead atoms. The maximum absolute atomic E-state index is 14.0. The summed E-state index contributed by atoms with van der Waals surface area (Å²) in [6, 6.07) is 1.65. The lowest BCUT2D eigenvalue weighted by Gasteiger charge is -2.14. The van der Waals surface area contributed by atoms with E-state index in [9.17, 15) is 17.6 Å². The van der Waals surface area contributed by atoms with E-state index < -0.39 is 38.3 Å². The molecule has 2 N–H and O–H groups in total. The summed E-state index contributed by atoms with van der Waals surface area (Å²) in [5, 5.41) is 8.87. The van der Waals surface area contributed by atoms with Crippen molar-refractivity contribution < 1.29 is 22.7 Å². The number of carboxylic acid groups (broad SMARTS) is 1. The average molecular weight is 386 g/mol. The first-order valence-corrected chi connectivity index (χ1v) is 9.09. The molecule has 1 aromatic rings. The first-order chi connectivity index (χ1) is 9.19. The van der Waals surface area contributed by atoms with Gasteiger partial charge >= 0.3 is 5.97 Å². The van der Waals surface area contributed by atoms with Gasteiger partial charge in [-0.15, -0.1) is 0 Å². The molecule has 0 aromatic heterocycles. The summed E-state index contributed by atoms with van der Waals surface area (Å²) in [5.74, 6) is -2.29. The number of carbonyl (C=O) groups is 1. The lowest BCUT2D eigenvalue weighted by molar-refractivity contribution is 0.0691. The Labute approximate surface area is 129 Å². The number of rotatable bonds is 6. The minimum Gasteiger partial charge on any atom is -0.478 e. The van der Waals surface area contributed by atoms with E-state index in [-0.39, 0.29) is 4.47 Å². The number of aromatic carboxylic acids is 1. The van der Waals surface area contributed by atoms with Crippen LogP contribution in [0.15, 0.2) is 21.5 Å². The van der Waals surface area contributed by atoms with Gasteiger partial charge in [-0.25, -0.2) is 22.3 Å². The molecule has 112 valence electrons. The van der Waals surface area contributed by atoms with Crippen LogP contribution in [-0.2, 0) is 10.0 Å². The number of nitrogens with one attached hydrogen (secondary N) is 1. The Balaban J connectivity index is 3.28. The van der Waals surface area contributed by atoms with Crippen molar-refractivity contribution in [2.45, 2.75) is 17.9 Å². The molecular formula is C11H13BrFNO4S2. The van der Waals surface area contributed by atoms with E-state index in [1.807, 2.05) is 6.26 Å². The Morgan fingerprint density at radius 2 is 2.15 bits per heavy atom. The topological polar surface area (TPSA) is 83.5 Å². The Hall–Kier alpha value is -0.640. The molecule has 0 fully saturated rings. The predicted octanol–water partition coefficient (Wildman–Crippen LogP) is 2.32. The lowest BCUT2D eigenvalue weighted by atomic mass is 10.2. The van der Waals surface area contributed by atoms with Gasteiger partial charge in [-0.3, -0.25) is 0 Å². The van der Waals surface area contributed by atoms with E-state index in [4.69, 9.17) is 5.11 Å². The number of thioether (sulfide) groups is 1. The van der Waals surface area contributed by atoms with Crippen LogP contribution in [0, 0.1) is 5.82 Å².